The van der Waals surface area contributed by atoms with Crippen LogP contribution in [0.15, 0.2) is 36.4 Å². The predicted octanol–water partition coefficient (Wildman–Crippen LogP) is 0.999. The highest BCUT2D eigenvalue weighted by molar-refractivity contribution is 6.21. The molecule has 0 saturated carbocycles. The number of carbonyl (C=O) groups is 3. The van der Waals surface area contributed by atoms with E-state index in [1.54, 1.807) is 36.4 Å². The summed E-state index contributed by atoms with van der Waals surface area (Å²) in [6, 6.07) is 5.67. The molecule has 0 spiro atoms. The number of fused-ring (bicyclic) bond motifs is 1. The lowest BCUT2D eigenvalue weighted by molar-refractivity contribution is -0.141. The van der Waals surface area contributed by atoms with Crippen LogP contribution in [0.4, 0.5) is 0 Å². The van der Waals surface area contributed by atoms with Gasteiger partial charge < -0.3 is 4.74 Å². The Balaban J connectivity index is 1.94. The van der Waals surface area contributed by atoms with E-state index in [1.807, 2.05) is 6.92 Å². The highest BCUT2D eigenvalue weighted by Crippen LogP contribution is 2.37. The molecule has 0 aromatic heterocycles. The molecule has 1 saturated heterocycles. The summed E-state index contributed by atoms with van der Waals surface area (Å²) in [7, 11) is 1.29. The lowest BCUT2D eigenvalue weighted by atomic mass is 10.1. The molecule has 6 heteroatoms. The number of hydrogen-bond donors (Lipinski definition) is 0. The largest absolute Gasteiger partial charge is 0.468 e. The Labute approximate surface area is 121 Å². The summed E-state index contributed by atoms with van der Waals surface area (Å²) >= 11 is 0. The van der Waals surface area contributed by atoms with Gasteiger partial charge in [-0.1, -0.05) is 24.3 Å². The van der Waals surface area contributed by atoms with Crippen molar-refractivity contribution in [3.63, 3.8) is 0 Å². The molecule has 21 heavy (non-hydrogen) atoms. The van der Waals surface area contributed by atoms with E-state index in [2.05, 4.69) is 0 Å². The van der Waals surface area contributed by atoms with Crippen LogP contribution in [0.25, 0.3) is 0 Å². The molecule has 3 rings (SSSR count). The molecule has 0 bridgehead atoms. The molecular weight excluding hydrogens is 272 g/mol. The normalized spacial score (nSPS) is 27.1. The van der Waals surface area contributed by atoms with Crippen molar-refractivity contribution in [2.24, 2.45) is 0 Å². The number of ether oxygens (including phenoxy) is 1. The Hall–Kier alpha value is -2.47. The lowest BCUT2D eigenvalue weighted by Gasteiger charge is -2.15. The third-order valence-electron chi connectivity index (χ3n) is 3.66. The fourth-order valence-electron chi connectivity index (χ4n) is 2.64. The van der Waals surface area contributed by atoms with Crippen molar-refractivity contribution < 1.29 is 19.1 Å². The van der Waals surface area contributed by atoms with Gasteiger partial charge in [-0.15, -0.1) is 0 Å². The SMILES string of the molecule is C/C=C/[C@H]1[C@H](C(=O)OC)N1N1C(=O)c2ccccc2C1=O. The van der Waals surface area contributed by atoms with Crippen molar-refractivity contribution in [1.82, 2.24) is 10.0 Å². The number of hydrazine groups is 1. The average molecular weight is 286 g/mol. The zero-order valence-corrected chi connectivity index (χ0v) is 11.6. The molecule has 108 valence electrons. The number of rotatable bonds is 3. The minimum atomic E-state index is -0.631. The van der Waals surface area contributed by atoms with Gasteiger partial charge in [0, 0.05) is 0 Å². The van der Waals surface area contributed by atoms with Crippen LogP contribution in [0.2, 0.25) is 0 Å². The Morgan fingerprint density at radius 3 is 2.24 bits per heavy atom. The number of benzene rings is 1. The maximum Gasteiger partial charge on any atom is 0.327 e. The van der Waals surface area contributed by atoms with E-state index in [-0.39, 0.29) is 6.04 Å². The van der Waals surface area contributed by atoms with Crippen molar-refractivity contribution in [2.75, 3.05) is 7.11 Å². The van der Waals surface area contributed by atoms with E-state index < -0.39 is 23.8 Å². The Bertz CT molecular complexity index is 632. The number of nitrogens with zero attached hydrogens (tertiary/aromatic N) is 2. The topological polar surface area (TPSA) is 66.7 Å². The van der Waals surface area contributed by atoms with Gasteiger partial charge in [-0.3, -0.25) is 14.4 Å². The first-order valence-corrected chi connectivity index (χ1v) is 6.58. The molecular formula is C15H14N2O4. The van der Waals surface area contributed by atoms with Gasteiger partial charge in [-0.2, -0.15) is 5.01 Å². The minimum Gasteiger partial charge on any atom is -0.468 e. The zero-order valence-electron chi connectivity index (χ0n) is 11.6. The van der Waals surface area contributed by atoms with Crippen molar-refractivity contribution in [3.8, 4) is 0 Å². The fraction of sp³-hybridized carbons (Fsp3) is 0.267. The molecule has 2 heterocycles. The van der Waals surface area contributed by atoms with Crippen LogP contribution in [0.5, 0.6) is 0 Å². The molecule has 2 aliphatic heterocycles. The molecule has 0 aliphatic carbocycles. The van der Waals surface area contributed by atoms with Crippen molar-refractivity contribution in [3.05, 3.63) is 47.5 Å². The van der Waals surface area contributed by atoms with Crippen molar-refractivity contribution in [1.29, 1.82) is 0 Å². The van der Waals surface area contributed by atoms with Gasteiger partial charge in [0.25, 0.3) is 11.8 Å². The van der Waals surface area contributed by atoms with Crippen LogP contribution >= 0.6 is 0 Å². The number of amides is 2. The van der Waals surface area contributed by atoms with Gasteiger partial charge in [0.2, 0.25) is 0 Å². The molecule has 0 N–H and O–H groups in total. The fourth-order valence-corrected chi connectivity index (χ4v) is 2.64. The molecule has 6 nitrogen and oxygen atoms in total. The molecule has 3 atom stereocenters. The first-order valence-electron chi connectivity index (χ1n) is 6.58. The Kier molecular flexibility index (Phi) is 3.10. The highest BCUT2D eigenvalue weighted by atomic mass is 16.5. The molecule has 1 unspecified atom stereocenters. The number of esters is 1. The smallest absolute Gasteiger partial charge is 0.327 e. The van der Waals surface area contributed by atoms with E-state index in [1.165, 1.54) is 12.1 Å². The van der Waals surface area contributed by atoms with Gasteiger partial charge in [0.15, 0.2) is 0 Å². The molecule has 2 amide bonds. The minimum absolute atomic E-state index is 0.329. The van der Waals surface area contributed by atoms with Gasteiger partial charge in [-0.05, 0) is 19.1 Å². The lowest BCUT2D eigenvalue weighted by Crippen LogP contribution is -2.38. The third kappa shape index (κ3) is 1.87. The second-order valence-corrected chi connectivity index (χ2v) is 4.83. The average Bonchev–Trinajstić information content (AvgIpc) is 3.13. The summed E-state index contributed by atoms with van der Waals surface area (Å²) in [5, 5.41) is 2.49. The maximum atomic E-state index is 12.4. The monoisotopic (exact) mass is 286 g/mol. The summed E-state index contributed by atoms with van der Waals surface area (Å²) < 4.78 is 4.72. The van der Waals surface area contributed by atoms with E-state index >= 15 is 0 Å². The molecule has 0 radical (unpaired) electrons. The van der Waals surface area contributed by atoms with Crippen LogP contribution in [0.3, 0.4) is 0 Å². The van der Waals surface area contributed by atoms with Crippen LogP contribution in [0, 0.1) is 0 Å². The second kappa shape index (κ2) is 4.82. The van der Waals surface area contributed by atoms with Gasteiger partial charge in [-0.25, -0.2) is 5.01 Å². The Morgan fingerprint density at radius 2 is 1.76 bits per heavy atom. The molecule has 2 aliphatic rings. The van der Waals surface area contributed by atoms with Crippen LogP contribution in [-0.2, 0) is 9.53 Å². The number of hydrogen-bond acceptors (Lipinski definition) is 5. The zero-order chi connectivity index (χ0) is 15.1. The van der Waals surface area contributed by atoms with Crippen molar-refractivity contribution >= 4 is 17.8 Å². The van der Waals surface area contributed by atoms with Gasteiger partial charge in [0.1, 0.15) is 6.04 Å². The number of methoxy groups -OCH3 is 1. The summed E-state index contributed by atoms with van der Waals surface area (Å²) in [5.41, 5.74) is 0.717. The quantitative estimate of drug-likeness (QED) is 0.359. The first kappa shape index (κ1) is 13.5. The first-order chi connectivity index (χ1) is 10.1. The molecule has 1 aromatic rings. The number of carbonyl (C=O) groups excluding carboxylic acids is 3. The summed E-state index contributed by atoms with van der Waals surface area (Å²) in [6.45, 7) is 1.81. The predicted molar refractivity (Wildman–Crippen MR) is 73.2 cm³/mol. The standard InChI is InChI=1S/C15H14N2O4/c1-3-6-11-12(15(20)21-2)16(11)17-13(18)9-7-4-5-8-10(9)14(17)19/h3-8,11-12H,1-2H3/b6-3+/t11-,12+,16?/m0/s1. The van der Waals surface area contributed by atoms with E-state index in [9.17, 15) is 14.4 Å². The summed E-state index contributed by atoms with van der Waals surface area (Å²) in [4.78, 5) is 36.5. The van der Waals surface area contributed by atoms with Crippen LogP contribution in [-0.4, -0.2) is 47.0 Å². The highest BCUT2D eigenvalue weighted by Gasteiger charge is 2.60. The van der Waals surface area contributed by atoms with E-state index in [0.29, 0.717) is 11.1 Å². The second-order valence-electron chi connectivity index (χ2n) is 4.83. The molecule has 1 fully saturated rings. The van der Waals surface area contributed by atoms with Gasteiger partial charge >= 0.3 is 5.97 Å². The Morgan fingerprint density at radius 1 is 1.19 bits per heavy atom. The summed E-state index contributed by atoms with van der Waals surface area (Å²) in [6.07, 6.45) is 3.55. The van der Waals surface area contributed by atoms with Crippen LogP contribution < -0.4 is 0 Å². The van der Waals surface area contributed by atoms with Crippen LogP contribution in [0.1, 0.15) is 27.6 Å². The van der Waals surface area contributed by atoms with Gasteiger partial charge in [0.05, 0.1) is 24.3 Å². The maximum absolute atomic E-state index is 12.4. The summed E-state index contributed by atoms with van der Waals surface area (Å²) in [5.74, 6) is -1.28. The van der Waals surface area contributed by atoms with E-state index in [0.717, 1.165) is 5.01 Å². The third-order valence-corrected chi connectivity index (χ3v) is 3.66. The van der Waals surface area contributed by atoms with E-state index in [4.69, 9.17) is 4.74 Å². The molecule has 1 aromatic carbocycles. The van der Waals surface area contributed by atoms with Crippen molar-refractivity contribution in [2.45, 2.75) is 19.0 Å². The number of allylic oxidation sites excluding steroid dienone is 1. The number of imide groups is 1.